The second-order valence-corrected chi connectivity index (χ2v) is 5.49. The van der Waals surface area contributed by atoms with Crippen molar-refractivity contribution in [3.8, 4) is 17.7 Å². The Balaban J connectivity index is 2.00. The lowest BCUT2D eigenvalue weighted by atomic mass is 10.1. The molecule has 0 atom stereocenters. The van der Waals surface area contributed by atoms with E-state index in [4.69, 9.17) is 27.9 Å². The molecule has 0 bridgehead atoms. The van der Waals surface area contributed by atoms with Gasteiger partial charge in [-0.2, -0.15) is 5.26 Å². The first-order chi connectivity index (χ1) is 9.65. The molecule has 1 aliphatic carbocycles. The van der Waals surface area contributed by atoms with E-state index in [1.54, 1.807) is 18.2 Å². The van der Waals surface area contributed by atoms with Crippen molar-refractivity contribution < 1.29 is 4.74 Å². The van der Waals surface area contributed by atoms with E-state index in [1.807, 2.05) is 6.07 Å². The van der Waals surface area contributed by atoms with E-state index in [0.29, 0.717) is 27.2 Å². The maximum atomic E-state index is 9.21. The fourth-order valence-corrected chi connectivity index (χ4v) is 2.82. The van der Waals surface area contributed by atoms with Crippen LogP contribution in [0.4, 0.5) is 0 Å². The average Bonchev–Trinajstić information content (AvgIpc) is 2.83. The number of aromatic nitrogens is 1. The average molecular weight is 305 g/mol. The number of pyridine rings is 1. The Morgan fingerprint density at radius 2 is 1.85 bits per heavy atom. The third kappa shape index (κ3) is 2.58. The number of hydrogen-bond donors (Lipinski definition) is 0. The zero-order valence-electron chi connectivity index (χ0n) is 10.5. The molecule has 3 nitrogen and oxygen atoms in total. The summed E-state index contributed by atoms with van der Waals surface area (Å²) in [6, 6.07) is 8.89. The predicted octanol–water partition coefficient (Wildman–Crippen LogP) is 4.54. The van der Waals surface area contributed by atoms with Gasteiger partial charge in [0.25, 0.3) is 0 Å². The van der Waals surface area contributed by atoms with E-state index in [-0.39, 0.29) is 0 Å². The summed E-state index contributed by atoms with van der Waals surface area (Å²) in [6.07, 6.45) is 2.97. The van der Waals surface area contributed by atoms with Crippen molar-refractivity contribution in [2.24, 2.45) is 0 Å². The van der Waals surface area contributed by atoms with Crippen LogP contribution in [0, 0.1) is 11.3 Å². The zero-order valence-corrected chi connectivity index (χ0v) is 12.0. The van der Waals surface area contributed by atoms with Crippen LogP contribution in [0.15, 0.2) is 24.3 Å². The molecule has 5 heteroatoms. The van der Waals surface area contributed by atoms with Gasteiger partial charge in [0.1, 0.15) is 17.4 Å². The second kappa shape index (κ2) is 5.32. The highest BCUT2D eigenvalue weighted by atomic mass is 35.5. The molecule has 20 heavy (non-hydrogen) atoms. The number of nitriles is 1. The van der Waals surface area contributed by atoms with Crippen LogP contribution in [0.3, 0.4) is 0 Å². The van der Waals surface area contributed by atoms with Crippen LogP contribution in [-0.4, -0.2) is 4.98 Å². The summed E-state index contributed by atoms with van der Waals surface area (Å²) in [5, 5.41) is 10.2. The molecule has 1 heterocycles. The minimum absolute atomic E-state index is 0.312. The van der Waals surface area contributed by atoms with Crippen molar-refractivity contribution in [1.29, 1.82) is 5.26 Å². The van der Waals surface area contributed by atoms with Crippen molar-refractivity contribution in [3.63, 3.8) is 0 Å². The van der Waals surface area contributed by atoms with Crippen molar-refractivity contribution in [2.45, 2.75) is 19.3 Å². The summed E-state index contributed by atoms with van der Waals surface area (Å²) < 4.78 is 5.68. The van der Waals surface area contributed by atoms with Gasteiger partial charge in [-0.1, -0.05) is 23.2 Å². The monoisotopic (exact) mass is 304 g/mol. The van der Waals surface area contributed by atoms with Crippen molar-refractivity contribution in [2.75, 3.05) is 0 Å². The first kappa shape index (κ1) is 13.2. The highest BCUT2D eigenvalue weighted by molar-refractivity contribution is 6.34. The van der Waals surface area contributed by atoms with E-state index >= 15 is 0 Å². The largest absolute Gasteiger partial charge is 0.438 e. The molecule has 0 saturated carbocycles. The third-order valence-corrected chi connectivity index (χ3v) is 3.62. The van der Waals surface area contributed by atoms with Crippen molar-refractivity contribution >= 4 is 23.2 Å². The molecule has 1 aliphatic rings. The SMILES string of the molecule is N#Cc1cc2c(nc1Oc1cc(Cl)cc(Cl)c1)CCC2. The fraction of sp³-hybridized carbons (Fsp3) is 0.200. The molecule has 0 unspecified atom stereocenters. The summed E-state index contributed by atoms with van der Waals surface area (Å²) in [6.45, 7) is 0. The lowest BCUT2D eigenvalue weighted by Gasteiger charge is -2.09. The number of rotatable bonds is 2. The molecule has 100 valence electrons. The maximum absolute atomic E-state index is 9.21. The number of nitrogens with zero attached hydrogens (tertiary/aromatic N) is 2. The van der Waals surface area contributed by atoms with E-state index in [0.717, 1.165) is 30.5 Å². The summed E-state index contributed by atoms with van der Waals surface area (Å²) in [7, 11) is 0. The summed E-state index contributed by atoms with van der Waals surface area (Å²) in [4.78, 5) is 4.45. The standard InChI is InChI=1S/C15H10Cl2N2O/c16-11-5-12(17)7-13(6-11)20-15-10(8-18)4-9-2-1-3-14(9)19-15/h4-7H,1-3H2. The molecule has 1 aromatic heterocycles. The molecule has 0 radical (unpaired) electrons. The Labute approximate surface area is 126 Å². The number of aryl methyl sites for hydroxylation is 2. The van der Waals surface area contributed by atoms with Gasteiger partial charge in [0.05, 0.1) is 0 Å². The number of hydrogen-bond acceptors (Lipinski definition) is 3. The summed E-state index contributed by atoms with van der Waals surface area (Å²) in [5.41, 5.74) is 2.58. The lowest BCUT2D eigenvalue weighted by Crippen LogP contribution is -1.97. The third-order valence-electron chi connectivity index (χ3n) is 3.19. The number of benzene rings is 1. The van der Waals surface area contributed by atoms with Gasteiger partial charge in [-0.3, -0.25) is 0 Å². The quantitative estimate of drug-likeness (QED) is 0.818. The van der Waals surface area contributed by atoms with Crippen LogP contribution in [0.5, 0.6) is 11.6 Å². The van der Waals surface area contributed by atoms with Crippen LogP contribution in [0.2, 0.25) is 10.0 Å². The molecule has 3 rings (SSSR count). The summed E-state index contributed by atoms with van der Waals surface area (Å²) in [5.74, 6) is 0.788. The number of ether oxygens (including phenoxy) is 1. The van der Waals surface area contributed by atoms with Crippen LogP contribution in [-0.2, 0) is 12.8 Å². The first-order valence-electron chi connectivity index (χ1n) is 6.22. The van der Waals surface area contributed by atoms with E-state index in [2.05, 4.69) is 11.1 Å². The maximum Gasteiger partial charge on any atom is 0.237 e. The van der Waals surface area contributed by atoms with Crippen molar-refractivity contribution in [3.05, 3.63) is 51.1 Å². The fourth-order valence-electron chi connectivity index (χ4n) is 2.31. The van der Waals surface area contributed by atoms with E-state index in [9.17, 15) is 5.26 Å². The van der Waals surface area contributed by atoms with Gasteiger partial charge in [-0.05, 0) is 49.1 Å². The summed E-state index contributed by atoms with van der Waals surface area (Å²) >= 11 is 11.9. The van der Waals surface area contributed by atoms with E-state index in [1.165, 1.54) is 0 Å². The first-order valence-corrected chi connectivity index (χ1v) is 6.98. The second-order valence-electron chi connectivity index (χ2n) is 4.62. The number of halogens is 2. The molecular weight excluding hydrogens is 295 g/mol. The zero-order chi connectivity index (χ0) is 14.1. The molecule has 0 saturated heterocycles. The van der Waals surface area contributed by atoms with Gasteiger partial charge in [-0.25, -0.2) is 4.98 Å². The Kier molecular flexibility index (Phi) is 3.52. The van der Waals surface area contributed by atoms with Crippen LogP contribution in [0.1, 0.15) is 23.2 Å². The van der Waals surface area contributed by atoms with Crippen LogP contribution in [0.25, 0.3) is 0 Å². The Morgan fingerprint density at radius 1 is 1.10 bits per heavy atom. The Hall–Kier alpha value is -1.76. The molecule has 0 N–H and O–H groups in total. The molecule has 0 amide bonds. The van der Waals surface area contributed by atoms with E-state index < -0.39 is 0 Å². The van der Waals surface area contributed by atoms with Gasteiger partial charge in [0.15, 0.2) is 0 Å². The van der Waals surface area contributed by atoms with Crippen LogP contribution >= 0.6 is 23.2 Å². The molecule has 1 aromatic carbocycles. The lowest BCUT2D eigenvalue weighted by molar-refractivity contribution is 0.459. The highest BCUT2D eigenvalue weighted by Gasteiger charge is 2.17. The topological polar surface area (TPSA) is 45.9 Å². The molecule has 0 fully saturated rings. The van der Waals surface area contributed by atoms with Crippen LogP contribution < -0.4 is 4.74 Å². The molecule has 0 aliphatic heterocycles. The minimum Gasteiger partial charge on any atom is -0.438 e. The van der Waals surface area contributed by atoms with Gasteiger partial charge >= 0.3 is 0 Å². The van der Waals surface area contributed by atoms with Gasteiger partial charge in [-0.15, -0.1) is 0 Å². The van der Waals surface area contributed by atoms with Crippen molar-refractivity contribution in [1.82, 2.24) is 4.98 Å². The predicted molar refractivity (Wildman–Crippen MR) is 77.5 cm³/mol. The Morgan fingerprint density at radius 3 is 2.55 bits per heavy atom. The highest BCUT2D eigenvalue weighted by Crippen LogP contribution is 2.31. The number of fused-ring (bicyclic) bond motifs is 1. The molecule has 0 spiro atoms. The Bertz CT molecular complexity index is 702. The van der Waals surface area contributed by atoms with Gasteiger partial charge in [0, 0.05) is 15.7 Å². The van der Waals surface area contributed by atoms with Gasteiger partial charge < -0.3 is 4.74 Å². The normalized spacial score (nSPS) is 12.8. The minimum atomic E-state index is 0.312. The van der Waals surface area contributed by atoms with Gasteiger partial charge in [0.2, 0.25) is 5.88 Å². The molecular formula is C15H10Cl2N2O. The molecule has 2 aromatic rings. The smallest absolute Gasteiger partial charge is 0.237 e.